The van der Waals surface area contributed by atoms with E-state index in [-0.39, 0.29) is 18.4 Å². The molecule has 1 saturated carbocycles. The molecule has 0 radical (unpaired) electrons. The monoisotopic (exact) mass is 403 g/mol. The van der Waals surface area contributed by atoms with Gasteiger partial charge in [-0.3, -0.25) is 9.59 Å². The first-order valence-electron chi connectivity index (χ1n) is 9.29. The van der Waals surface area contributed by atoms with Gasteiger partial charge in [-0.2, -0.15) is 0 Å². The Balaban J connectivity index is 1.48. The summed E-state index contributed by atoms with van der Waals surface area (Å²) in [5.74, 6) is 1.45. The fourth-order valence-electron chi connectivity index (χ4n) is 3.10. The van der Waals surface area contributed by atoms with Crippen LogP contribution in [-0.2, 0) is 18.4 Å². The minimum atomic E-state index is -0.198. The first-order chi connectivity index (χ1) is 13.6. The van der Waals surface area contributed by atoms with Gasteiger partial charge in [-0.25, -0.2) is 0 Å². The summed E-state index contributed by atoms with van der Waals surface area (Å²) in [6, 6.07) is 7.20. The molecule has 0 atom stereocenters. The maximum absolute atomic E-state index is 12.2. The number of benzene rings is 1. The molecule has 2 aromatic rings. The predicted molar refractivity (Wildman–Crippen MR) is 106 cm³/mol. The molecule has 0 spiro atoms. The highest BCUT2D eigenvalue weighted by atomic mass is 32.2. The van der Waals surface area contributed by atoms with Crippen molar-refractivity contribution in [1.82, 2.24) is 25.4 Å². The molecule has 0 saturated heterocycles. The van der Waals surface area contributed by atoms with Crippen LogP contribution in [0.1, 0.15) is 41.9 Å². The van der Waals surface area contributed by atoms with Gasteiger partial charge in [0.05, 0.1) is 19.4 Å². The van der Waals surface area contributed by atoms with Gasteiger partial charge in [0.1, 0.15) is 5.75 Å². The molecule has 0 unspecified atom stereocenters. The smallest absolute Gasteiger partial charge is 0.251 e. The highest BCUT2D eigenvalue weighted by Crippen LogP contribution is 2.19. The van der Waals surface area contributed by atoms with Crippen molar-refractivity contribution in [2.75, 3.05) is 12.9 Å². The molecular weight excluding hydrogens is 378 g/mol. The molecule has 2 N–H and O–H groups in total. The van der Waals surface area contributed by atoms with Crippen LogP contribution < -0.4 is 15.4 Å². The number of amides is 2. The summed E-state index contributed by atoms with van der Waals surface area (Å²) in [6.45, 7) is 0.253. The molecule has 0 bridgehead atoms. The van der Waals surface area contributed by atoms with Crippen molar-refractivity contribution in [2.24, 2.45) is 7.05 Å². The second-order valence-electron chi connectivity index (χ2n) is 6.71. The summed E-state index contributed by atoms with van der Waals surface area (Å²) in [5.41, 5.74) is 0.543. The van der Waals surface area contributed by atoms with E-state index in [0.717, 1.165) is 12.8 Å². The summed E-state index contributed by atoms with van der Waals surface area (Å²) in [7, 11) is 3.41. The van der Waals surface area contributed by atoms with E-state index in [1.165, 1.54) is 24.6 Å². The number of carbonyl (C=O) groups excluding carboxylic acids is 2. The second kappa shape index (κ2) is 9.59. The molecule has 1 aliphatic carbocycles. The summed E-state index contributed by atoms with van der Waals surface area (Å²) >= 11 is 1.34. The van der Waals surface area contributed by atoms with E-state index in [2.05, 4.69) is 20.8 Å². The molecule has 1 heterocycles. The molecule has 9 heteroatoms. The number of aromatic nitrogens is 3. The molecule has 8 nitrogen and oxygen atoms in total. The molecule has 1 fully saturated rings. The van der Waals surface area contributed by atoms with Crippen molar-refractivity contribution in [3.05, 3.63) is 35.7 Å². The van der Waals surface area contributed by atoms with E-state index in [1.807, 2.05) is 7.05 Å². The van der Waals surface area contributed by atoms with E-state index < -0.39 is 0 Å². The molecule has 150 valence electrons. The Morgan fingerprint density at radius 3 is 2.61 bits per heavy atom. The highest BCUT2D eigenvalue weighted by Gasteiger charge is 2.18. The first kappa shape index (κ1) is 20.2. The van der Waals surface area contributed by atoms with Crippen molar-refractivity contribution < 1.29 is 14.3 Å². The van der Waals surface area contributed by atoms with Crippen LogP contribution >= 0.6 is 11.8 Å². The maximum Gasteiger partial charge on any atom is 0.251 e. The molecule has 28 heavy (non-hydrogen) atoms. The molecular formula is C19H25N5O3S. The minimum Gasteiger partial charge on any atom is -0.497 e. The highest BCUT2D eigenvalue weighted by molar-refractivity contribution is 7.99. The number of hydrogen-bond donors (Lipinski definition) is 2. The van der Waals surface area contributed by atoms with Crippen molar-refractivity contribution >= 4 is 23.6 Å². The van der Waals surface area contributed by atoms with Crippen LogP contribution in [0.2, 0.25) is 0 Å². The van der Waals surface area contributed by atoms with Crippen LogP contribution in [0.25, 0.3) is 0 Å². The Hall–Kier alpha value is -2.55. The third-order valence-corrected chi connectivity index (χ3v) is 5.76. The lowest BCUT2D eigenvalue weighted by Gasteiger charge is -2.11. The number of nitrogens with zero attached hydrogens (tertiary/aromatic N) is 3. The average molecular weight is 404 g/mol. The van der Waals surface area contributed by atoms with Crippen molar-refractivity contribution in [3.63, 3.8) is 0 Å². The maximum atomic E-state index is 12.2. The van der Waals surface area contributed by atoms with Gasteiger partial charge in [-0.05, 0) is 37.1 Å². The van der Waals surface area contributed by atoms with Gasteiger partial charge in [0, 0.05) is 18.7 Å². The fourth-order valence-corrected chi connectivity index (χ4v) is 3.84. The quantitative estimate of drug-likeness (QED) is 0.654. The van der Waals surface area contributed by atoms with Crippen LogP contribution in [0, 0.1) is 0 Å². The van der Waals surface area contributed by atoms with E-state index >= 15 is 0 Å². The topological polar surface area (TPSA) is 98.1 Å². The van der Waals surface area contributed by atoms with Gasteiger partial charge >= 0.3 is 0 Å². The zero-order valence-electron chi connectivity index (χ0n) is 16.1. The average Bonchev–Trinajstić information content (AvgIpc) is 3.34. The number of carbonyl (C=O) groups is 2. The number of methoxy groups -OCH3 is 1. The fraction of sp³-hybridized carbons (Fsp3) is 0.474. The Kier molecular flexibility index (Phi) is 6.91. The van der Waals surface area contributed by atoms with Crippen LogP contribution in [0.4, 0.5) is 0 Å². The standard InChI is InChI=1S/C19H25N5O3S/c1-24-16(11-20-18(26)13-7-9-15(27-2)10-8-13)22-23-19(24)28-12-17(25)21-14-5-3-4-6-14/h7-10,14H,3-6,11-12H2,1-2H3,(H,20,26)(H,21,25). The van der Waals surface area contributed by atoms with Crippen LogP contribution in [0.15, 0.2) is 29.4 Å². The van der Waals surface area contributed by atoms with E-state index in [9.17, 15) is 9.59 Å². The molecule has 1 aliphatic rings. The Labute approximate surface area is 168 Å². The third-order valence-electron chi connectivity index (χ3n) is 4.74. The van der Waals surface area contributed by atoms with Crippen LogP contribution in [0.3, 0.4) is 0 Å². The zero-order valence-corrected chi connectivity index (χ0v) is 16.9. The van der Waals surface area contributed by atoms with Gasteiger partial charge in [0.25, 0.3) is 5.91 Å². The van der Waals surface area contributed by atoms with Crippen molar-refractivity contribution in [2.45, 2.75) is 43.4 Å². The van der Waals surface area contributed by atoms with Gasteiger partial charge in [-0.15, -0.1) is 10.2 Å². The van der Waals surface area contributed by atoms with Crippen molar-refractivity contribution in [3.8, 4) is 5.75 Å². The molecule has 2 amide bonds. The largest absolute Gasteiger partial charge is 0.497 e. The number of hydrogen-bond acceptors (Lipinski definition) is 6. The Bertz CT molecular complexity index is 815. The van der Waals surface area contributed by atoms with E-state index in [4.69, 9.17) is 4.74 Å². The SMILES string of the molecule is COc1ccc(C(=O)NCc2nnc(SCC(=O)NC3CCCC3)n2C)cc1. The summed E-state index contributed by atoms with van der Waals surface area (Å²) < 4.78 is 6.88. The summed E-state index contributed by atoms with van der Waals surface area (Å²) in [6.07, 6.45) is 4.51. The van der Waals surface area contributed by atoms with Gasteiger partial charge in [-0.1, -0.05) is 24.6 Å². The summed E-state index contributed by atoms with van der Waals surface area (Å²) in [4.78, 5) is 24.3. The summed E-state index contributed by atoms with van der Waals surface area (Å²) in [5, 5.41) is 14.8. The lowest BCUT2D eigenvalue weighted by Crippen LogP contribution is -2.33. The third kappa shape index (κ3) is 5.25. The van der Waals surface area contributed by atoms with E-state index in [1.54, 1.807) is 35.9 Å². The number of rotatable bonds is 8. The van der Waals surface area contributed by atoms with Crippen LogP contribution in [0.5, 0.6) is 5.75 Å². The number of thioether (sulfide) groups is 1. The molecule has 0 aliphatic heterocycles. The lowest BCUT2D eigenvalue weighted by atomic mass is 10.2. The molecule has 1 aromatic heterocycles. The van der Waals surface area contributed by atoms with Gasteiger partial charge in [0.2, 0.25) is 5.91 Å². The molecule has 1 aromatic carbocycles. The van der Waals surface area contributed by atoms with Crippen molar-refractivity contribution in [1.29, 1.82) is 0 Å². The first-order valence-corrected chi connectivity index (χ1v) is 10.3. The van der Waals surface area contributed by atoms with Gasteiger partial charge < -0.3 is 19.9 Å². The zero-order chi connectivity index (χ0) is 19.9. The second-order valence-corrected chi connectivity index (χ2v) is 7.65. The number of ether oxygens (including phenoxy) is 1. The van der Waals surface area contributed by atoms with Gasteiger partial charge in [0.15, 0.2) is 11.0 Å². The lowest BCUT2D eigenvalue weighted by molar-refractivity contribution is -0.119. The van der Waals surface area contributed by atoms with E-state index in [0.29, 0.717) is 34.1 Å². The minimum absolute atomic E-state index is 0.0225. The normalized spacial score (nSPS) is 14.1. The predicted octanol–water partition coefficient (Wildman–Crippen LogP) is 1.90. The van der Waals surface area contributed by atoms with Crippen LogP contribution in [-0.4, -0.2) is 45.5 Å². The number of nitrogens with one attached hydrogen (secondary N) is 2. The molecule has 3 rings (SSSR count). The Morgan fingerprint density at radius 1 is 1.21 bits per heavy atom. The Morgan fingerprint density at radius 2 is 1.93 bits per heavy atom.